The number of rotatable bonds is 4. The molecule has 1 unspecified atom stereocenters. The van der Waals surface area contributed by atoms with Crippen LogP contribution >= 0.6 is 0 Å². The van der Waals surface area contributed by atoms with Crippen LogP contribution in [0.15, 0.2) is 21.6 Å². The summed E-state index contributed by atoms with van der Waals surface area (Å²) >= 11 is 0. The van der Waals surface area contributed by atoms with E-state index in [9.17, 15) is 8.42 Å². The van der Waals surface area contributed by atoms with Crippen molar-refractivity contribution in [2.24, 2.45) is 11.1 Å². The van der Waals surface area contributed by atoms with Crippen molar-refractivity contribution in [2.45, 2.75) is 37.9 Å². The minimum absolute atomic E-state index is 0.00364. The Bertz CT molecular complexity index is 490. The molecule has 5 nitrogen and oxygen atoms in total. The van der Waals surface area contributed by atoms with Crippen LogP contribution in [0.3, 0.4) is 0 Å². The lowest BCUT2D eigenvalue weighted by atomic mass is 10.2. The number of sulfonamides is 1. The number of hydrogen-bond donors (Lipinski definition) is 2. The fourth-order valence-corrected chi connectivity index (χ4v) is 2.88. The van der Waals surface area contributed by atoms with E-state index in [1.807, 2.05) is 13.8 Å². The Balaban J connectivity index is 2.13. The third-order valence-corrected chi connectivity index (χ3v) is 4.26. The SMILES string of the molecule is CC1(C)CC1NS(=O)(=O)c1ccc(CN)o1. The number of nitrogens with two attached hydrogens (primary N) is 1. The second kappa shape index (κ2) is 3.58. The van der Waals surface area contributed by atoms with Crippen LogP contribution in [-0.2, 0) is 16.6 Å². The maximum Gasteiger partial charge on any atom is 0.274 e. The molecule has 1 aromatic heterocycles. The summed E-state index contributed by atoms with van der Waals surface area (Å²) < 4.78 is 31.4. The molecule has 0 spiro atoms. The average molecular weight is 244 g/mol. The van der Waals surface area contributed by atoms with Gasteiger partial charge in [-0.1, -0.05) is 13.8 Å². The predicted molar refractivity (Wildman–Crippen MR) is 59.1 cm³/mol. The van der Waals surface area contributed by atoms with Crippen molar-refractivity contribution in [1.29, 1.82) is 0 Å². The topological polar surface area (TPSA) is 85.3 Å². The van der Waals surface area contributed by atoms with Crippen LogP contribution in [0.25, 0.3) is 0 Å². The largest absolute Gasteiger partial charge is 0.447 e. The maximum absolute atomic E-state index is 11.9. The zero-order chi connectivity index (χ0) is 12.0. The van der Waals surface area contributed by atoms with Gasteiger partial charge in [-0.15, -0.1) is 0 Å². The molecule has 1 saturated carbocycles. The molecule has 0 saturated heterocycles. The molecule has 6 heteroatoms. The highest BCUT2D eigenvalue weighted by atomic mass is 32.2. The summed E-state index contributed by atoms with van der Waals surface area (Å²) in [6.45, 7) is 4.24. The second-order valence-electron chi connectivity index (χ2n) is 4.79. The highest BCUT2D eigenvalue weighted by Gasteiger charge is 2.48. The summed E-state index contributed by atoms with van der Waals surface area (Å²) in [6, 6.07) is 3.01. The van der Waals surface area contributed by atoms with Gasteiger partial charge in [0.2, 0.25) is 5.09 Å². The second-order valence-corrected chi connectivity index (χ2v) is 6.44. The lowest BCUT2D eigenvalue weighted by molar-refractivity contribution is 0.411. The van der Waals surface area contributed by atoms with E-state index in [0.29, 0.717) is 5.76 Å². The van der Waals surface area contributed by atoms with Gasteiger partial charge < -0.3 is 10.2 Å². The first kappa shape index (κ1) is 11.6. The van der Waals surface area contributed by atoms with E-state index < -0.39 is 10.0 Å². The summed E-state index contributed by atoms with van der Waals surface area (Å²) in [5.41, 5.74) is 5.41. The summed E-state index contributed by atoms with van der Waals surface area (Å²) in [6.07, 6.45) is 0.858. The van der Waals surface area contributed by atoms with Gasteiger partial charge in [-0.05, 0) is 24.0 Å². The van der Waals surface area contributed by atoms with E-state index in [1.165, 1.54) is 6.07 Å². The summed E-state index contributed by atoms with van der Waals surface area (Å²) in [7, 11) is -3.53. The lowest BCUT2D eigenvalue weighted by Gasteiger charge is -2.05. The smallest absolute Gasteiger partial charge is 0.274 e. The van der Waals surface area contributed by atoms with Gasteiger partial charge in [-0.25, -0.2) is 13.1 Å². The normalized spacial score (nSPS) is 23.3. The molecule has 1 aromatic rings. The van der Waals surface area contributed by atoms with Crippen LogP contribution < -0.4 is 10.5 Å². The molecule has 2 rings (SSSR count). The molecule has 0 amide bonds. The molecule has 1 atom stereocenters. The molecule has 3 N–H and O–H groups in total. The molecule has 90 valence electrons. The minimum atomic E-state index is -3.53. The Morgan fingerprint density at radius 1 is 1.56 bits per heavy atom. The Morgan fingerprint density at radius 2 is 2.19 bits per heavy atom. The van der Waals surface area contributed by atoms with Crippen molar-refractivity contribution < 1.29 is 12.8 Å². The Hall–Kier alpha value is -0.850. The number of hydrogen-bond acceptors (Lipinski definition) is 4. The molecule has 1 heterocycles. The quantitative estimate of drug-likeness (QED) is 0.821. The van der Waals surface area contributed by atoms with Gasteiger partial charge in [0.25, 0.3) is 10.0 Å². The van der Waals surface area contributed by atoms with Gasteiger partial charge in [0, 0.05) is 6.04 Å². The summed E-state index contributed by atoms with van der Waals surface area (Å²) in [5.74, 6) is 0.468. The predicted octanol–water partition coefficient (Wildman–Crippen LogP) is 0.815. The lowest BCUT2D eigenvalue weighted by Crippen LogP contribution is -2.28. The van der Waals surface area contributed by atoms with Crippen molar-refractivity contribution in [2.75, 3.05) is 0 Å². The first-order valence-electron chi connectivity index (χ1n) is 5.16. The average Bonchev–Trinajstić information content (AvgIpc) is 2.68. The molecular weight excluding hydrogens is 228 g/mol. The van der Waals surface area contributed by atoms with Gasteiger partial charge in [0.05, 0.1) is 6.54 Å². The third-order valence-electron chi connectivity index (χ3n) is 2.91. The molecule has 16 heavy (non-hydrogen) atoms. The maximum atomic E-state index is 11.9. The highest BCUT2D eigenvalue weighted by Crippen LogP contribution is 2.45. The van der Waals surface area contributed by atoms with Gasteiger partial charge in [-0.3, -0.25) is 0 Å². The molecule has 1 aliphatic carbocycles. The van der Waals surface area contributed by atoms with Crippen LogP contribution in [0, 0.1) is 5.41 Å². The van der Waals surface area contributed by atoms with Crippen molar-refractivity contribution in [1.82, 2.24) is 4.72 Å². The first-order chi connectivity index (χ1) is 7.35. The van der Waals surface area contributed by atoms with Crippen LogP contribution in [0.2, 0.25) is 0 Å². The molecule has 0 radical (unpaired) electrons. The van der Waals surface area contributed by atoms with Gasteiger partial charge in [0.1, 0.15) is 5.76 Å². The molecule has 1 fully saturated rings. The Kier molecular flexibility index (Phi) is 2.60. The van der Waals surface area contributed by atoms with Crippen LogP contribution in [0.4, 0.5) is 0 Å². The van der Waals surface area contributed by atoms with E-state index in [-0.39, 0.29) is 23.1 Å². The van der Waals surface area contributed by atoms with E-state index >= 15 is 0 Å². The van der Waals surface area contributed by atoms with Gasteiger partial charge in [0.15, 0.2) is 0 Å². The number of furan rings is 1. The molecule has 0 aliphatic heterocycles. The Morgan fingerprint density at radius 3 is 2.62 bits per heavy atom. The molecule has 0 aromatic carbocycles. The van der Waals surface area contributed by atoms with Crippen LogP contribution in [0.5, 0.6) is 0 Å². The van der Waals surface area contributed by atoms with Crippen LogP contribution in [-0.4, -0.2) is 14.5 Å². The third kappa shape index (κ3) is 2.14. The first-order valence-corrected chi connectivity index (χ1v) is 6.64. The van der Waals surface area contributed by atoms with E-state index in [0.717, 1.165) is 6.42 Å². The van der Waals surface area contributed by atoms with Crippen molar-refractivity contribution >= 4 is 10.0 Å². The van der Waals surface area contributed by atoms with E-state index in [1.54, 1.807) is 6.07 Å². The van der Waals surface area contributed by atoms with Crippen molar-refractivity contribution in [3.8, 4) is 0 Å². The number of nitrogens with one attached hydrogen (secondary N) is 1. The highest BCUT2D eigenvalue weighted by molar-refractivity contribution is 7.89. The fourth-order valence-electron chi connectivity index (χ4n) is 1.53. The zero-order valence-electron chi connectivity index (χ0n) is 9.36. The molecule has 0 bridgehead atoms. The Labute approximate surface area is 95.1 Å². The fraction of sp³-hybridized carbons (Fsp3) is 0.600. The van der Waals surface area contributed by atoms with Crippen molar-refractivity contribution in [3.05, 3.63) is 17.9 Å². The van der Waals surface area contributed by atoms with Gasteiger partial charge in [-0.2, -0.15) is 0 Å². The minimum Gasteiger partial charge on any atom is -0.447 e. The molecular formula is C10H16N2O3S. The standard InChI is InChI=1S/C10H16N2O3S/c1-10(2)5-8(10)12-16(13,14)9-4-3-7(6-11)15-9/h3-4,8,12H,5-6,11H2,1-2H3. The zero-order valence-corrected chi connectivity index (χ0v) is 10.2. The van der Waals surface area contributed by atoms with Crippen LogP contribution in [0.1, 0.15) is 26.0 Å². The summed E-state index contributed by atoms with van der Waals surface area (Å²) in [5, 5.41) is -0.0596. The van der Waals surface area contributed by atoms with E-state index in [2.05, 4.69) is 4.72 Å². The molecule has 1 aliphatic rings. The van der Waals surface area contributed by atoms with E-state index in [4.69, 9.17) is 10.2 Å². The monoisotopic (exact) mass is 244 g/mol. The van der Waals surface area contributed by atoms with Gasteiger partial charge >= 0.3 is 0 Å². The van der Waals surface area contributed by atoms with Crippen molar-refractivity contribution in [3.63, 3.8) is 0 Å². The summed E-state index contributed by atoms with van der Waals surface area (Å²) in [4.78, 5) is 0.